The van der Waals surface area contributed by atoms with Gasteiger partial charge in [-0.25, -0.2) is 15.0 Å². The van der Waals surface area contributed by atoms with Gasteiger partial charge in [0.1, 0.15) is 11.2 Å². The molecule has 0 atom stereocenters. The lowest BCUT2D eigenvalue weighted by Gasteiger charge is -2.15. The smallest absolute Gasteiger partial charge is 0.164 e. The van der Waals surface area contributed by atoms with E-state index in [1.165, 1.54) is 0 Å². The first kappa shape index (κ1) is 32.2. The summed E-state index contributed by atoms with van der Waals surface area (Å²) in [5.41, 5.74) is 13.4. The summed E-state index contributed by atoms with van der Waals surface area (Å²) in [5.74, 6) is 1.87. The zero-order chi connectivity index (χ0) is 36.6. The third-order valence-electron chi connectivity index (χ3n) is 10.1. The van der Waals surface area contributed by atoms with Gasteiger partial charge in [-0.3, -0.25) is 0 Å². The Morgan fingerprint density at radius 1 is 0.255 bits per heavy atom. The first-order chi connectivity index (χ1) is 27.2. The molecule has 0 radical (unpaired) electrons. The molecule has 0 amide bonds. The molecule has 4 nitrogen and oxygen atoms in total. The number of aromatic nitrogens is 3. The first-order valence-electron chi connectivity index (χ1n) is 18.4. The van der Waals surface area contributed by atoms with Crippen LogP contribution in [0.25, 0.3) is 101 Å². The van der Waals surface area contributed by atoms with E-state index in [2.05, 4.69) is 127 Å². The molecule has 0 saturated heterocycles. The minimum absolute atomic E-state index is 0.611. The molecule has 0 aliphatic carbocycles. The maximum absolute atomic E-state index is 6.27. The van der Waals surface area contributed by atoms with Crippen LogP contribution in [0, 0.1) is 0 Å². The van der Waals surface area contributed by atoms with Gasteiger partial charge in [-0.15, -0.1) is 0 Å². The number of rotatable bonds is 7. The molecule has 0 spiro atoms. The van der Waals surface area contributed by atoms with Gasteiger partial charge in [0, 0.05) is 27.5 Å². The van der Waals surface area contributed by atoms with E-state index in [-0.39, 0.29) is 0 Å². The van der Waals surface area contributed by atoms with Crippen molar-refractivity contribution in [1.82, 2.24) is 15.0 Å². The summed E-state index contributed by atoms with van der Waals surface area (Å²) in [5, 5.41) is 2.24. The second-order valence-corrected chi connectivity index (χ2v) is 13.6. The monoisotopic (exact) mass is 703 g/mol. The molecule has 258 valence electrons. The normalized spacial score (nSPS) is 11.3. The van der Waals surface area contributed by atoms with Gasteiger partial charge >= 0.3 is 0 Å². The molecular formula is C51H33N3O. The fraction of sp³-hybridized carbons (Fsp3) is 0. The number of nitrogens with zero attached hydrogens (tertiary/aromatic N) is 3. The van der Waals surface area contributed by atoms with Crippen molar-refractivity contribution in [3.63, 3.8) is 0 Å². The van der Waals surface area contributed by atoms with Crippen LogP contribution in [-0.4, -0.2) is 15.0 Å². The second-order valence-electron chi connectivity index (χ2n) is 13.6. The Morgan fingerprint density at radius 3 is 1.36 bits per heavy atom. The molecule has 0 bridgehead atoms. The summed E-state index contributed by atoms with van der Waals surface area (Å²) in [7, 11) is 0. The number of furan rings is 1. The SMILES string of the molecule is c1ccc(-c2nc(-c3ccccc3)nc(-c3cc(-c4cccc(-c5ccc6c(c5)oc5ccccc56)c4)cc(-c4ccccc4-c4ccccc4)c3)n2)cc1. The van der Waals surface area contributed by atoms with Crippen molar-refractivity contribution in [3.05, 3.63) is 200 Å². The average molecular weight is 704 g/mol. The summed E-state index contributed by atoms with van der Waals surface area (Å²) in [6.45, 7) is 0. The van der Waals surface area contributed by atoms with Crippen LogP contribution in [0.4, 0.5) is 0 Å². The van der Waals surface area contributed by atoms with Crippen LogP contribution in [0.2, 0.25) is 0 Å². The van der Waals surface area contributed by atoms with E-state index in [9.17, 15) is 0 Å². The zero-order valence-electron chi connectivity index (χ0n) is 29.8. The standard InChI is InChI=1S/C51H33N3O/c1-4-15-34(16-5-1)43-23-10-11-24-44(43)41-30-40(38-22-14-21-37(29-38)39-27-28-46-45-25-12-13-26-47(45)55-48(46)33-39)31-42(32-41)51-53-49(35-17-6-2-7-18-35)52-50(54-51)36-19-8-3-9-20-36/h1-33H. The molecule has 0 saturated carbocycles. The minimum Gasteiger partial charge on any atom is -0.456 e. The molecule has 0 unspecified atom stereocenters. The van der Waals surface area contributed by atoms with Gasteiger partial charge in [0.25, 0.3) is 0 Å². The Morgan fingerprint density at radius 2 is 0.691 bits per heavy atom. The molecule has 2 aromatic heterocycles. The van der Waals surface area contributed by atoms with Crippen molar-refractivity contribution in [3.8, 4) is 78.7 Å². The number of para-hydroxylation sites is 1. The Labute approximate surface area is 319 Å². The van der Waals surface area contributed by atoms with Gasteiger partial charge in [0.2, 0.25) is 0 Å². The molecule has 8 aromatic carbocycles. The molecule has 0 N–H and O–H groups in total. The fourth-order valence-corrected chi connectivity index (χ4v) is 7.40. The van der Waals surface area contributed by atoms with Crippen LogP contribution in [0.3, 0.4) is 0 Å². The Balaban J connectivity index is 1.16. The molecule has 0 aliphatic heterocycles. The fourth-order valence-electron chi connectivity index (χ4n) is 7.40. The van der Waals surface area contributed by atoms with Crippen molar-refractivity contribution in [2.75, 3.05) is 0 Å². The topological polar surface area (TPSA) is 51.8 Å². The van der Waals surface area contributed by atoms with E-state index in [1.807, 2.05) is 72.8 Å². The number of hydrogen-bond acceptors (Lipinski definition) is 4. The van der Waals surface area contributed by atoms with Gasteiger partial charge in [-0.1, -0.05) is 158 Å². The van der Waals surface area contributed by atoms with Gasteiger partial charge in [0.15, 0.2) is 17.5 Å². The van der Waals surface area contributed by atoms with Crippen LogP contribution in [0.1, 0.15) is 0 Å². The summed E-state index contributed by atoms with van der Waals surface area (Å²) in [6, 6.07) is 69.5. The lowest BCUT2D eigenvalue weighted by Crippen LogP contribution is -2.00. The van der Waals surface area contributed by atoms with Crippen LogP contribution in [-0.2, 0) is 0 Å². The second kappa shape index (κ2) is 13.8. The molecule has 0 fully saturated rings. The third kappa shape index (κ3) is 6.26. The molecular weight excluding hydrogens is 671 g/mol. The van der Waals surface area contributed by atoms with Crippen LogP contribution in [0.5, 0.6) is 0 Å². The highest BCUT2D eigenvalue weighted by Gasteiger charge is 2.17. The third-order valence-corrected chi connectivity index (χ3v) is 10.1. The Bertz CT molecular complexity index is 2910. The summed E-state index contributed by atoms with van der Waals surface area (Å²) < 4.78 is 6.27. The molecule has 55 heavy (non-hydrogen) atoms. The van der Waals surface area contributed by atoms with Crippen LogP contribution >= 0.6 is 0 Å². The Hall–Kier alpha value is -7.43. The molecule has 0 aliphatic rings. The van der Waals surface area contributed by atoms with E-state index < -0.39 is 0 Å². The predicted octanol–water partition coefficient (Wildman–Crippen LogP) is 13.4. The molecule has 10 aromatic rings. The van der Waals surface area contributed by atoms with Crippen molar-refractivity contribution in [2.45, 2.75) is 0 Å². The van der Waals surface area contributed by atoms with Crippen LogP contribution < -0.4 is 0 Å². The van der Waals surface area contributed by atoms with Crippen molar-refractivity contribution >= 4 is 21.9 Å². The van der Waals surface area contributed by atoms with Gasteiger partial charge in [-0.2, -0.15) is 0 Å². The van der Waals surface area contributed by atoms with Crippen LogP contribution in [0.15, 0.2) is 205 Å². The molecule has 10 rings (SSSR count). The van der Waals surface area contributed by atoms with Crippen molar-refractivity contribution in [1.29, 1.82) is 0 Å². The van der Waals surface area contributed by atoms with Gasteiger partial charge < -0.3 is 4.42 Å². The number of benzene rings is 8. The van der Waals surface area contributed by atoms with E-state index in [4.69, 9.17) is 19.4 Å². The highest BCUT2D eigenvalue weighted by Crippen LogP contribution is 2.39. The molecule has 2 heterocycles. The predicted molar refractivity (Wildman–Crippen MR) is 225 cm³/mol. The zero-order valence-corrected chi connectivity index (χ0v) is 29.8. The van der Waals surface area contributed by atoms with E-state index in [0.717, 1.165) is 83.1 Å². The Kier molecular flexibility index (Phi) is 8.12. The van der Waals surface area contributed by atoms with Crippen molar-refractivity contribution in [2.24, 2.45) is 0 Å². The van der Waals surface area contributed by atoms with Crippen molar-refractivity contribution < 1.29 is 4.42 Å². The van der Waals surface area contributed by atoms with E-state index in [1.54, 1.807) is 0 Å². The lowest BCUT2D eigenvalue weighted by molar-refractivity contribution is 0.669. The largest absolute Gasteiger partial charge is 0.456 e. The first-order valence-corrected chi connectivity index (χ1v) is 18.4. The highest BCUT2D eigenvalue weighted by atomic mass is 16.3. The number of fused-ring (bicyclic) bond motifs is 3. The number of hydrogen-bond donors (Lipinski definition) is 0. The van der Waals surface area contributed by atoms with Gasteiger partial charge in [0.05, 0.1) is 0 Å². The van der Waals surface area contributed by atoms with Gasteiger partial charge in [-0.05, 0) is 87.0 Å². The summed E-state index contributed by atoms with van der Waals surface area (Å²) in [4.78, 5) is 15.2. The average Bonchev–Trinajstić information content (AvgIpc) is 3.65. The lowest BCUT2D eigenvalue weighted by atomic mass is 9.90. The maximum Gasteiger partial charge on any atom is 0.164 e. The van der Waals surface area contributed by atoms with E-state index in [0.29, 0.717) is 17.5 Å². The highest BCUT2D eigenvalue weighted by molar-refractivity contribution is 6.06. The molecule has 4 heteroatoms. The minimum atomic E-state index is 0.611. The summed E-state index contributed by atoms with van der Waals surface area (Å²) >= 11 is 0. The van der Waals surface area contributed by atoms with E-state index >= 15 is 0 Å². The summed E-state index contributed by atoms with van der Waals surface area (Å²) in [6.07, 6.45) is 0. The maximum atomic E-state index is 6.27. The quantitative estimate of drug-likeness (QED) is 0.166.